The van der Waals surface area contributed by atoms with E-state index in [0.29, 0.717) is 5.69 Å². The van der Waals surface area contributed by atoms with Crippen molar-refractivity contribution >= 4 is 22.1 Å². The largest absolute Gasteiger partial charge is 0.506 e. The Bertz CT molecular complexity index is 843. The topological polar surface area (TPSA) is 54.2 Å². The highest BCUT2D eigenvalue weighted by Gasteiger charge is 2.12. The molecule has 0 aliphatic heterocycles. The number of azo groups is 1. The van der Waals surface area contributed by atoms with E-state index in [1.807, 2.05) is 55.5 Å². The van der Waals surface area contributed by atoms with Crippen molar-refractivity contribution in [1.82, 2.24) is 0 Å². The van der Waals surface area contributed by atoms with Gasteiger partial charge in [0.25, 0.3) is 0 Å². The van der Waals surface area contributed by atoms with Gasteiger partial charge in [-0.3, -0.25) is 0 Å². The van der Waals surface area contributed by atoms with Crippen LogP contribution in [0.15, 0.2) is 64.8 Å². The molecule has 0 aromatic heterocycles. The number of aromatic hydroxyl groups is 1. The van der Waals surface area contributed by atoms with Crippen LogP contribution in [0.5, 0.6) is 11.5 Å². The standard InChI is InChI=1S/C18H16N2O2/c1-12-16(22-2)11-9-13-8-10-15(21)18(17(12)13)20-19-14-6-4-3-5-7-14/h3-11,21H,1-2H3. The van der Waals surface area contributed by atoms with Gasteiger partial charge in [-0.25, -0.2) is 0 Å². The maximum atomic E-state index is 10.2. The van der Waals surface area contributed by atoms with Gasteiger partial charge in [0.1, 0.15) is 17.2 Å². The maximum Gasteiger partial charge on any atom is 0.143 e. The number of fused-ring (bicyclic) bond motifs is 1. The van der Waals surface area contributed by atoms with E-state index < -0.39 is 0 Å². The van der Waals surface area contributed by atoms with Crippen LogP contribution < -0.4 is 4.74 Å². The second-order valence-electron chi connectivity index (χ2n) is 4.96. The van der Waals surface area contributed by atoms with E-state index in [9.17, 15) is 5.11 Å². The van der Waals surface area contributed by atoms with E-state index in [1.165, 1.54) is 0 Å². The van der Waals surface area contributed by atoms with Crippen molar-refractivity contribution < 1.29 is 9.84 Å². The number of hydrogen-bond donors (Lipinski definition) is 1. The minimum absolute atomic E-state index is 0.100. The Hall–Kier alpha value is -2.88. The summed E-state index contributed by atoms with van der Waals surface area (Å²) in [5.41, 5.74) is 2.12. The van der Waals surface area contributed by atoms with Crippen molar-refractivity contribution in [3.05, 3.63) is 60.2 Å². The van der Waals surface area contributed by atoms with Crippen LogP contribution in [0.3, 0.4) is 0 Å². The molecule has 0 bridgehead atoms. The molecular formula is C18H16N2O2. The molecule has 4 nitrogen and oxygen atoms in total. The number of rotatable bonds is 3. The normalized spacial score (nSPS) is 11.2. The van der Waals surface area contributed by atoms with E-state index >= 15 is 0 Å². The van der Waals surface area contributed by atoms with Gasteiger partial charge >= 0.3 is 0 Å². The Morgan fingerprint density at radius 2 is 1.64 bits per heavy atom. The first kappa shape index (κ1) is 14.1. The van der Waals surface area contributed by atoms with Crippen LogP contribution in [0.4, 0.5) is 11.4 Å². The average molecular weight is 292 g/mol. The number of aryl methyl sites for hydroxylation is 1. The summed E-state index contributed by atoms with van der Waals surface area (Å²) in [4.78, 5) is 0. The third-order valence-electron chi connectivity index (χ3n) is 3.59. The van der Waals surface area contributed by atoms with Gasteiger partial charge in [0.15, 0.2) is 0 Å². The average Bonchev–Trinajstić information content (AvgIpc) is 2.55. The fraction of sp³-hybridized carbons (Fsp3) is 0.111. The van der Waals surface area contributed by atoms with Gasteiger partial charge in [-0.1, -0.05) is 30.3 Å². The number of phenolic OH excluding ortho intramolecular Hbond substituents is 1. The summed E-state index contributed by atoms with van der Waals surface area (Å²) < 4.78 is 5.36. The molecule has 0 saturated carbocycles. The molecule has 0 unspecified atom stereocenters. The van der Waals surface area contributed by atoms with Gasteiger partial charge in [-0.15, -0.1) is 5.11 Å². The van der Waals surface area contributed by atoms with Crippen LogP contribution in [0.25, 0.3) is 10.8 Å². The van der Waals surface area contributed by atoms with Crippen molar-refractivity contribution in [2.45, 2.75) is 6.92 Å². The van der Waals surface area contributed by atoms with Crippen molar-refractivity contribution in [2.24, 2.45) is 10.2 Å². The molecular weight excluding hydrogens is 276 g/mol. The summed E-state index contributed by atoms with van der Waals surface area (Å²) in [5.74, 6) is 0.859. The lowest BCUT2D eigenvalue weighted by Crippen LogP contribution is -1.88. The van der Waals surface area contributed by atoms with Crippen LogP contribution >= 0.6 is 0 Å². The van der Waals surface area contributed by atoms with Crippen molar-refractivity contribution in [3.63, 3.8) is 0 Å². The van der Waals surface area contributed by atoms with E-state index in [-0.39, 0.29) is 5.75 Å². The number of benzene rings is 3. The number of phenols is 1. The minimum Gasteiger partial charge on any atom is -0.506 e. The van der Waals surface area contributed by atoms with Crippen LogP contribution in [0.1, 0.15) is 5.56 Å². The molecule has 1 N–H and O–H groups in total. The molecule has 0 heterocycles. The summed E-state index contributed by atoms with van der Waals surface area (Å²) in [6.45, 7) is 1.95. The molecule has 0 amide bonds. The molecule has 0 radical (unpaired) electrons. The van der Waals surface area contributed by atoms with E-state index in [0.717, 1.165) is 27.8 Å². The zero-order chi connectivity index (χ0) is 15.5. The minimum atomic E-state index is 0.100. The monoisotopic (exact) mass is 292 g/mol. The molecule has 110 valence electrons. The molecule has 0 saturated heterocycles. The predicted molar refractivity (Wildman–Crippen MR) is 87.5 cm³/mol. The number of methoxy groups -OCH3 is 1. The van der Waals surface area contributed by atoms with Gasteiger partial charge in [0.2, 0.25) is 0 Å². The van der Waals surface area contributed by atoms with Crippen molar-refractivity contribution in [3.8, 4) is 11.5 Å². The van der Waals surface area contributed by atoms with E-state index in [2.05, 4.69) is 10.2 Å². The smallest absolute Gasteiger partial charge is 0.143 e. The first-order valence-corrected chi connectivity index (χ1v) is 6.97. The fourth-order valence-electron chi connectivity index (χ4n) is 2.47. The zero-order valence-electron chi connectivity index (χ0n) is 12.4. The molecule has 0 spiro atoms. The molecule has 0 fully saturated rings. The third kappa shape index (κ3) is 2.51. The first-order valence-electron chi connectivity index (χ1n) is 6.97. The van der Waals surface area contributed by atoms with Gasteiger partial charge < -0.3 is 9.84 Å². The quantitative estimate of drug-likeness (QED) is 0.668. The van der Waals surface area contributed by atoms with Crippen LogP contribution in [-0.4, -0.2) is 12.2 Å². The predicted octanol–water partition coefficient (Wildman–Crippen LogP) is 5.28. The highest BCUT2D eigenvalue weighted by molar-refractivity contribution is 5.99. The molecule has 0 aliphatic carbocycles. The summed E-state index contributed by atoms with van der Waals surface area (Å²) in [6, 6.07) is 16.8. The molecule has 3 aromatic carbocycles. The highest BCUT2D eigenvalue weighted by atomic mass is 16.5. The molecule has 22 heavy (non-hydrogen) atoms. The highest BCUT2D eigenvalue weighted by Crippen LogP contribution is 2.40. The van der Waals surface area contributed by atoms with Crippen LogP contribution in [-0.2, 0) is 0 Å². The maximum absolute atomic E-state index is 10.2. The lowest BCUT2D eigenvalue weighted by molar-refractivity contribution is 0.412. The molecule has 3 aromatic rings. The Kier molecular flexibility index (Phi) is 3.74. The SMILES string of the molecule is COc1ccc2ccc(O)c(N=Nc3ccccc3)c2c1C. The Balaban J connectivity index is 2.19. The Morgan fingerprint density at radius 1 is 0.909 bits per heavy atom. The van der Waals surface area contributed by atoms with Crippen molar-refractivity contribution in [1.29, 1.82) is 0 Å². The second kappa shape index (κ2) is 5.85. The number of nitrogens with zero attached hydrogens (tertiary/aromatic N) is 2. The van der Waals surface area contributed by atoms with E-state index in [1.54, 1.807) is 13.2 Å². The number of hydrogen-bond acceptors (Lipinski definition) is 4. The summed E-state index contributed by atoms with van der Waals surface area (Å²) in [7, 11) is 1.63. The Morgan fingerprint density at radius 3 is 2.36 bits per heavy atom. The van der Waals surface area contributed by atoms with Gasteiger partial charge in [-0.05, 0) is 36.6 Å². The number of ether oxygens (including phenoxy) is 1. The third-order valence-corrected chi connectivity index (χ3v) is 3.59. The van der Waals surface area contributed by atoms with Crippen molar-refractivity contribution in [2.75, 3.05) is 7.11 Å². The van der Waals surface area contributed by atoms with Gasteiger partial charge in [0, 0.05) is 10.9 Å². The first-order chi connectivity index (χ1) is 10.7. The fourth-order valence-corrected chi connectivity index (χ4v) is 2.47. The van der Waals surface area contributed by atoms with Gasteiger partial charge in [0.05, 0.1) is 12.8 Å². The summed E-state index contributed by atoms with van der Waals surface area (Å²) in [5, 5.41) is 20.5. The van der Waals surface area contributed by atoms with E-state index in [4.69, 9.17) is 4.74 Å². The molecule has 4 heteroatoms. The summed E-state index contributed by atoms with van der Waals surface area (Å²) >= 11 is 0. The second-order valence-corrected chi connectivity index (χ2v) is 4.96. The molecule has 0 atom stereocenters. The lowest BCUT2D eigenvalue weighted by Gasteiger charge is -2.11. The Labute approximate surface area is 128 Å². The van der Waals surface area contributed by atoms with Crippen LogP contribution in [0.2, 0.25) is 0 Å². The molecule has 3 rings (SSSR count). The van der Waals surface area contributed by atoms with Crippen LogP contribution in [0, 0.1) is 6.92 Å². The molecule has 0 aliphatic rings. The van der Waals surface area contributed by atoms with Gasteiger partial charge in [-0.2, -0.15) is 5.11 Å². The summed E-state index contributed by atoms with van der Waals surface area (Å²) in [6.07, 6.45) is 0. The zero-order valence-corrected chi connectivity index (χ0v) is 12.4. The lowest BCUT2D eigenvalue weighted by atomic mass is 10.0.